The summed E-state index contributed by atoms with van der Waals surface area (Å²) in [5.74, 6) is 0.984. The number of H-pyrrole nitrogens is 1. The van der Waals surface area contributed by atoms with Gasteiger partial charge >= 0.3 is 0 Å². The van der Waals surface area contributed by atoms with E-state index >= 15 is 0 Å². The zero-order chi connectivity index (χ0) is 18.5. The molecule has 0 saturated heterocycles. The van der Waals surface area contributed by atoms with Crippen LogP contribution in [0.1, 0.15) is 24.9 Å². The summed E-state index contributed by atoms with van der Waals surface area (Å²) in [6, 6.07) is 14.9. The molecule has 26 heavy (non-hydrogen) atoms. The fraction of sp³-hybridized carbons (Fsp3) is 0.211. The van der Waals surface area contributed by atoms with Gasteiger partial charge in [-0.15, -0.1) is 11.8 Å². The number of benzene rings is 2. The molecule has 7 heteroatoms. The van der Waals surface area contributed by atoms with Crippen LogP contribution < -0.4 is 10.6 Å². The molecule has 134 valence electrons. The lowest BCUT2D eigenvalue weighted by atomic mass is 10.3. The lowest BCUT2D eigenvalue weighted by molar-refractivity contribution is -0.114. The highest BCUT2D eigenvalue weighted by Gasteiger charge is 2.13. The second-order valence-corrected chi connectivity index (χ2v) is 7.23. The molecule has 1 aromatic heterocycles. The topological polar surface area (TPSA) is 86.9 Å². The number of aromatic nitrogens is 2. The quantitative estimate of drug-likeness (QED) is 0.615. The average molecular weight is 368 g/mol. The largest absolute Gasteiger partial charge is 0.341 e. The number of para-hydroxylation sites is 2. The summed E-state index contributed by atoms with van der Waals surface area (Å²) in [5.41, 5.74) is 3.32. The number of nitrogens with zero attached hydrogens (tertiary/aromatic N) is 1. The van der Waals surface area contributed by atoms with Gasteiger partial charge in [-0.05, 0) is 43.3 Å². The van der Waals surface area contributed by atoms with Crippen molar-refractivity contribution < 1.29 is 9.59 Å². The Morgan fingerprint density at radius 3 is 2.38 bits per heavy atom. The molecule has 1 atom stereocenters. The van der Waals surface area contributed by atoms with Gasteiger partial charge in [0.15, 0.2) is 0 Å². The number of amides is 2. The Hall–Kier alpha value is -2.80. The third-order valence-electron chi connectivity index (χ3n) is 3.75. The first-order valence-electron chi connectivity index (χ1n) is 8.25. The molecule has 0 radical (unpaired) electrons. The minimum atomic E-state index is -0.127. The van der Waals surface area contributed by atoms with Gasteiger partial charge < -0.3 is 15.6 Å². The molecule has 0 saturated carbocycles. The summed E-state index contributed by atoms with van der Waals surface area (Å²) in [4.78, 5) is 31.0. The van der Waals surface area contributed by atoms with Crippen LogP contribution in [0.5, 0.6) is 0 Å². The molecular weight excluding hydrogens is 348 g/mol. The zero-order valence-corrected chi connectivity index (χ0v) is 15.4. The van der Waals surface area contributed by atoms with Crippen molar-refractivity contribution >= 4 is 46.0 Å². The Labute approximate surface area is 155 Å². The van der Waals surface area contributed by atoms with Gasteiger partial charge in [-0.3, -0.25) is 9.59 Å². The number of rotatable bonds is 6. The van der Waals surface area contributed by atoms with E-state index in [1.165, 1.54) is 18.7 Å². The SMILES string of the molecule is CC(=O)Nc1ccc(NC(=O)CSC(C)c2nc3ccccc3[nH]2)cc1. The maximum atomic E-state index is 12.2. The molecular formula is C19H20N4O2S. The number of anilines is 2. The van der Waals surface area contributed by atoms with Crippen LogP contribution in [0.2, 0.25) is 0 Å². The molecule has 0 fully saturated rings. The molecule has 3 rings (SSSR count). The predicted molar refractivity (Wildman–Crippen MR) is 106 cm³/mol. The normalized spacial score (nSPS) is 11.9. The Kier molecular flexibility index (Phi) is 5.58. The van der Waals surface area contributed by atoms with E-state index in [1.807, 2.05) is 31.2 Å². The first kappa shape index (κ1) is 18.0. The number of hydrogen-bond donors (Lipinski definition) is 3. The summed E-state index contributed by atoms with van der Waals surface area (Å²) in [7, 11) is 0. The van der Waals surface area contributed by atoms with E-state index in [1.54, 1.807) is 24.3 Å². The summed E-state index contributed by atoms with van der Waals surface area (Å²) >= 11 is 1.52. The molecule has 0 bridgehead atoms. The predicted octanol–water partition coefficient (Wildman–Crippen LogP) is 3.95. The molecule has 0 aliphatic rings. The van der Waals surface area contributed by atoms with Crippen LogP contribution in [0.4, 0.5) is 11.4 Å². The summed E-state index contributed by atoms with van der Waals surface area (Å²) in [5, 5.41) is 5.62. The standard InChI is InChI=1S/C19H20N4O2S/c1-12(19-22-16-5-3-4-6-17(16)23-19)26-11-18(25)21-15-9-7-14(8-10-15)20-13(2)24/h3-10,12H,11H2,1-2H3,(H,20,24)(H,21,25)(H,22,23). The maximum absolute atomic E-state index is 12.2. The number of imidazole rings is 1. The van der Waals surface area contributed by atoms with Gasteiger partial charge in [0.05, 0.1) is 22.0 Å². The lowest BCUT2D eigenvalue weighted by Crippen LogP contribution is -2.15. The lowest BCUT2D eigenvalue weighted by Gasteiger charge is -2.09. The number of carbonyl (C=O) groups is 2. The number of nitrogens with one attached hydrogen (secondary N) is 3. The Balaban J connectivity index is 1.52. The fourth-order valence-corrected chi connectivity index (χ4v) is 3.22. The fourth-order valence-electron chi connectivity index (χ4n) is 2.48. The molecule has 1 heterocycles. The van der Waals surface area contributed by atoms with Gasteiger partial charge in [-0.25, -0.2) is 4.98 Å². The molecule has 3 N–H and O–H groups in total. The Bertz CT molecular complexity index is 888. The number of thioether (sulfide) groups is 1. The van der Waals surface area contributed by atoms with Crippen molar-refractivity contribution in [2.75, 3.05) is 16.4 Å². The second kappa shape index (κ2) is 8.05. The van der Waals surface area contributed by atoms with E-state index in [4.69, 9.17) is 0 Å². The molecule has 1 unspecified atom stereocenters. The van der Waals surface area contributed by atoms with Gasteiger partial charge in [0, 0.05) is 18.3 Å². The summed E-state index contributed by atoms with van der Waals surface area (Å²) < 4.78 is 0. The number of carbonyl (C=O) groups excluding carboxylic acids is 2. The minimum Gasteiger partial charge on any atom is -0.341 e. The van der Waals surface area contributed by atoms with Crippen LogP contribution in [0.15, 0.2) is 48.5 Å². The first-order valence-corrected chi connectivity index (χ1v) is 9.30. The van der Waals surface area contributed by atoms with E-state index < -0.39 is 0 Å². The van der Waals surface area contributed by atoms with E-state index in [2.05, 4.69) is 20.6 Å². The number of hydrogen-bond acceptors (Lipinski definition) is 4. The van der Waals surface area contributed by atoms with E-state index in [0.717, 1.165) is 16.9 Å². The van der Waals surface area contributed by atoms with Gasteiger partial charge in [0.1, 0.15) is 5.82 Å². The molecule has 0 aliphatic carbocycles. The van der Waals surface area contributed by atoms with Gasteiger partial charge in [-0.2, -0.15) is 0 Å². The highest BCUT2D eigenvalue weighted by atomic mass is 32.2. The van der Waals surface area contributed by atoms with E-state index in [-0.39, 0.29) is 17.1 Å². The summed E-state index contributed by atoms with van der Waals surface area (Å²) in [6.45, 7) is 3.48. The Morgan fingerprint density at radius 1 is 1.08 bits per heavy atom. The van der Waals surface area contributed by atoms with Crippen LogP contribution in [0, 0.1) is 0 Å². The molecule has 0 spiro atoms. The monoisotopic (exact) mass is 368 g/mol. The zero-order valence-electron chi connectivity index (χ0n) is 14.6. The molecule has 0 aliphatic heterocycles. The van der Waals surface area contributed by atoms with Crippen LogP contribution in [0.3, 0.4) is 0 Å². The van der Waals surface area contributed by atoms with Crippen molar-refractivity contribution in [1.82, 2.24) is 9.97 Å². The van der Waals surface area contributed by atoms with Crippen LogP contribution >= 0.6 is 11.8 Å². The van der Waals surface area contributed by atoms with E-state index in [9.17, 15) is 9.59 Å². The van der Waals surface area contributed by atoms with Crippen molar-refractivity contribution in [2.24, 2.45) is 0 Å². The molecule has 6 nitrogen and oxygen atoms in total. The third-order valence-corrected chi connectivity index (χ3v) is 4.90. The smallest absolute Gasteiger partial charge is 0.234 e. The van der Waals surface area contributed by atoms with Gasteiger partial charge in [0.2, 0.25) is 11.8 Å². The second-order valence-electron chi connectivity index (χ2n) is 5.90. The average Bonchev–Trinajstić information content (AvgIpc) is 3.05. The highest BCUT2D eigenvalue weighted by molar-refractivity contribution is 8.00. The van der Waals surface area contributed by atoms with Crippen LogP contribution in [-0.4, -0.2) is 27.5 Å². The molecule has 2 aromatic carbocycles. The summed E-state index contributed by atoms with van der Waals surface area (Å²) in [6.07, 6.45) is 0. The van der Waals surface area contributed by atoms with Crippen LogP contribution in [0.25, 0.3) is 11.0 Å². The molecule has 3 aromatic rings. The van der Waals surface area contributed by atoms with Crippen LogP contribution in [-0.2, 0) is 9.59 Å². The van der Waals surface area contributed by atoms with Gasteiger partial charge in [0.25, 0.3) is 0 Å². The van der Waals surface area contributed by atoms with E-state index in [0.29, 0.717) is 17.1 Å². The van der Waals surface area contributed by atoms with Crippen molar-refractivity contribution in [3.8, 4) is 0 Å². The van der Waals surface area contributed by atoms with Crippen molar-refractivity contribution in [3.63, 3.8) is 0 Å². The van der Waals surface area contributed by atoms with Gasteiger partial charge in [-0.1, -0.05) is 12.1 Å². The number of aromatic amines is 1. The Morgan fingerprint density at radius 2 is 1.73 bits per heavy atom. The maximum Gasteiger partial charge on any atom is 0.234 e. The van der Waals surface area contributed by atoms with Crippen molar-refractivity contribution in [1.29, 1.82) is 0 Å². The molecule has 2 amide bonds. The third kappa shape index (κ3) is 4.64. The van der Waals surface area contributed by atoms with Crippen molar-refractivity contribution in [2.45, 2.75) is 19.1 Å². The van der Waals surface area contributed by atoms with Crippen molar-refractivity contribution in [3.05, 3.63) is 54.4 Å². The minimum absolute atomic E-state index is 0.0785. The first-order chi connectivity index (χ1) is 12.5. The highest BCUT2D eigenvalue weighted by Crippen LogP contribution is 2.27. The number of fused-ring (bicyclic) bond motifs is 1.